The van der Waals surface area contributed by atoms with E-state index in [1.54, 1.807) is 19.1 Å². The van der Waals surface area contributed by atoms with Crippen LogP contribution >= 0.6 is 23.2 Å². The van der Waals surface area contributed by atoms with Crippen molar-refractivity contribution in [3.05, 3.63) is 51.5 Å². The van der Waals surface area contributed by atoms with Crippen LogP contribution in [0.1, 0.15) is 51.0 Å². The molecule has 0 aromatic heterocycles. The minimum absolute atomic E-state index is 0.133. The monoisotopic (exact) mass is 428 g/mol. The lowest BCUT2D eigenvalue weighted by atomic mass is 10.1. The van der Waals surface area contributed by atoms with Crippen LogP contribution in [-0.4, -0.2) is 6.61 Å². The van der Waals surface area contributed by atoms with Crippen LogP contribution < -0.4 is 4.74 Å². The number of nitrogens with zero attached hydrogens (tertiary/aromatic N) is 2. The van der Waals surface area contributed by atoms with E-state index in [9.17, 15) is 8.78 Å². The first-order valence-corrected chi connectivity index (χ1v) is 10.2. The van der Waals surface area contributed by atoms with Crippen LogP contribution in [0.3, 0.4) is 0 Å². The van der Waals surface area contributed by atoms with Gasteiger partial charge in [0.25, 0.3) is 0 Å². The van der Waals surface area contributed by atoms with E-state index in [1.807, 2.05) is 0 Å². The smallest absolute Gasteiger partial charge is 0.157 e. The molecule has 0 radical (unpaired) electrons. The third kappa shape index (κ3) is 6.42. The summed E-state index contributed by atoms with van der Waals surface area (Å²) in [5.41, 5.74) is 0.394. The molecule has 152 valence electrons. The fraction of sp³-hybridized carbons (Fsp3) is 0.429. The van der Waals surface area contributed by atoms with E-state index >= 15 is 0 Å². The Hall–Kier alpha value is -1.72. The molecule has 0 N–H and O–H groups in total. The number of unbranched alkanes of at least 4 members (excludes halogenated alkanes) is 5. The Morgan fingerprint density at radius 2 is 1.50 bits per heavy atom. The fourth-order valence-electron chi connectivity index (χ4n) is 2.63. The van der Waals surface area contributed by atoms with Gasteiger partial charge in [-0.3, -0.25) is 0 Å². The predicted molar refractivity (Wildman–Crippen MR) is 111 cm³/mol. The second kappa shape index (κ2) is 11.3. The second-order valence-corrected chi connectivity index (χ2v) is 7.36. The van der Waals surface area contributed by atoms with Crippen molar-refractivity contribution in [1.29, 1.82) is 0 Å². The summed E-state index contributed by atoms with van der Waals surface area (Å²) in [7, 11) is 0. The molecule has 2 rings (SSSR count). The molecular weight excluding hydrogens is 405 g/mol. The average molecular weight is 429 g/mol. The third-order valence-corrected chi connectivity index (χ3v) is 5.05. The standard InChI is InChI=1S/C21H24Cl2F2N2O/c1-3-4-5-6-7-8-11-28-15-12-17(24)21(18(25)13-15)27-26-20-16(22)10-9-14(2)19(20)23/h9-10,12-13H,3-8,11H2,1-2H3. The molecule has 7 heteroatoms. The Kier molecular flexibility index (Phi) is 9.13. The molecule has 0 aliphatic heterocycles. The first-order chi connectivity index (χ1) is 13.4. The zero-order valence-electron chi connectivity index (χ0n) is 16.1. The van der Waals surface area contributed by atoms with E-state index in [1.165, 1.54) is 19.3 Å². The molecule has 0 fully saturated rings. The minimum atomic E-state index is -0.860. The molecule has 0 saturated heterocycles. The number of halogens is 4. The summed E-state index contributed by atoms with van der Waals surface area (Å²) in [5.74, 6) is -1.59. The number of hydrogen-bond donors (Lipinski definition) is 0. The van der Waals surface area contributed by atoms with Crippen molar-refractivity contribution in [2.75, 3.05) is 6.61 Å². The molecule has 0 saturated carbocycles. The number of ether oxygens (including phenoxy) is 1. The summed E-state index contributed by atoms with van der Waals surface area (Å²) in [4.78, 5) is 0. The highest BCUT2D eigenvalue weighted by Crippen LogP contribution is 2.37. The van der Waals surface area contributed by atoms with Gasteiger partial charge >= 0.3 is 0 Å². The van der Waals surface area contributed by atoms with Crippen molar-refractivity contribution in [2.24, 2.45) is 10.2 Å². The lowest BCUT2D eigenvalue weighted by Crippen LogP contribution is -1.98. The molecule has 0 aliphatic rings. The fourth-order valence-corrected chi connectivity index (χ4v) is 3.07. The van der Waals surface area contributed by atoms with Gasteiger partial charge < -0.3 is 4.74 Å². The maximum Gasteiger partial charge on any atom is 0.157 e. The lowest BCUT2D eigenvalue weighted by Gasteiger charge is -2.08. The highest BCUT2D eigenvalue weighted by molar-refractivity contribution is 6.39. The van der Waals surface area contributed by atoms with Crippen LogP contribution in [0.2, 0.25) is 10.0 Å². The van der Waals surface area contributed by atoms with Gasteiger partial charge in [0, 0.05) is 12.1 Å². The summed E-state index contributed by atoms with van der Waals surface area (Å²) in [6.07, 6.45) is 6.65. The topological polar surface area (TPSA) is 34.0 Å². The summed E-state index contributed by atoms with van der Waals surface area (Å²) < 4.78 is 34.0. The molecule has 3 nitrogen and oxygen atoms in total. The van der Waals surface area contributed by atoms with Crippen LogP contribution in [0, 0.1) is 18.6 Å². The molecule has 0 unspecified atom stereocenters. The number of rotatable bonds is 10. The Morgan fingerprint density at radius 3 is 2.18 bits per heavy atom. The van der Waals surface area contributed by atoms with E-state index < -0.39 is 17.3 Å². The number of aryl methyl sites for hydroxylation is 1. The Labute approximate surface area is 174 Å². The summed E-state index contributed by atoms with van der Waals surface area (Å²) >= 11 is 12.2. The molecule has 0 aliphatic carbocycles. The van der Waals surface area contributed by atoms with Gasteiger partial charge in [-0.2, -0.15) is 0 Å². The molecule has 2 aromatic rings. The van der Waals surface area contributed by atoms with Crippen molar-refractivity contribution >= 4 is 34.6 Å². The van der Waals surface area contributed by atoms with Gasteiger partial charge in [-0.15, -0.1) is 10.2 Å². The number of azo groups is 1. The van der Waals surface area contributed by atoms with E-state index in [-0.39, 0.29) is 21.5 Å². The molecule has 0 spiro atoms. The Bertz CT molecular complexity index is 805. The van der Waals surface area contributed by atoms with Gasteiger partial charge in [-0.05, 0) is 25.0 Å². The van der Waals surface area contributed by atoms with Crippen molar-refractivity contribution < 1.29 is 13.5 Å². The van der Waals surface area contributed by atoms with Crippen LogP contribution in [0.5, 0.6) is 5.75 Å². The third-order valence-electron chi connectivity index (χ3n) is 4.27. The van der Waals surface area contributed by atoms with E-state index in [2.05, 4.69) is 17.2 Å². The molecule has 0 bridgehead atoms. The van der Waals surface area contributed by atoms with Gasteiger partial charge in [0.2, 0.25) is 0 Å². The van der Waals surface area contributed by atoms with Crippen LogP contribution in [0.4, 0.5) is 20.2 Å². The van der Waals surface area contributed by atoms with Gasteiger partial charge in [-0.25, -0.2) is 8.78 Å². The quantitative estimate of drug-likeness (QED) is 0.275. The normalized spacial score (nSPS) is 11.4. The molecule has 0 amide bonds. The van der Waals surface area contributed by atoms with Crippen LogP contribution in [0.25, 0.3) is 0 Å². The highest BCUT2D eigenvalue weighted by atomic mass is 35.5. The highest BCUT2D eigenvalue weighted by Gasteiger charge is 2.13. The van der Waals surface area contributed by atoms with E-state index in [0.717, 1.165) is 37.0 Å². The molecule has 0 atom stereocenters. The van der Waals surface area contributed by atoms with Gasteiger partial charge in [0.05, 0.1) is 16.7 Å². The number of hydrogen-bond acceptors (Lipinski definition) is 3. The maximum atomic E-state index is 14.3. The Morgan fingerprint density at radius 1 is 0.893 bits per heavy atom. The van der Waals surface area contributed by atoms with Gasteiger partial charge in [-0.1, -0.05) is 68.3 Å². The van der Waals surface area contributed by atoms with Gasteiger partial charge in [0.15, 0.2) is 17.3 Å². The predicted octanol–water partition coefficient (Wildman–Crippen LogP) is 8.73. The molecular formula is C21H24Cl2F2N2O. The summed E-state index contributed by atoms with van der Waals surface area (Å²) in [6.45, 7) is 4.36. The summed E-state index contributed by atoms with van der Waals surface area (Å²) in [6, 6.07) is 5.53. The van der Waals surface area contributed by atoms with E-state index in [0.29, 0.717) is 6.61 Å². The lowest BCUT2D eigenvalue weighted by molar-refractivity contribution is 0.301. The number of benzene rings is 2. The molecule has 2 aromatic carbocycles. The largest absolute Gasteiger partial charge is 0.493 e. The molecule has 0 heterocycles. The first kappa shape index (κ1) is 22.6. The minimum Gasteiger partial charge on any atom is -0.493 e. The van der Waals surface area contributed by atoms with Crippen molar-refractivity contribution in [1.82, 2.24) is 0 Å². The van der Waals surface area contributed by atoms with Crippen LogP contribution in [0.15, 0.2) is 34.5 Å². The SMILES string of the molecule is CCCCCCCCOc1cc(F)c(N=Nc2c(Cl)ccc(C)c2Cl)c(F)c1. The van der Waals surface area contributed by atoms with Gasteiger partial charge in [0.1, 0.15) is 11.4 Å². The maximum absolute atomic E-state index is 14.3. The van der Waals surface area contributed by atoms with Crippen molar-refractivity contribution in [2.45, 2.75) is 52.4 Å². The molecule has 28 heavy (non-hydrogen) atoms. The van der Waals surface area contributed by atoms with E-state index in [4.69, 9.17) is 27.9 Å². The average Bonchev–Trinajstić information content (AvgIpc) is 2.66. The zero-order valence-corrected chi connectivity index (χ0v) is 17.6. The van der Waals surface area contributed by atoms with Crippen molar-refractivity contribution in [3.63, 3.8) is 0 Å². The zero-order chi connectivity index (χ0) is 20.5. The first-order valence-electron chi connectivity index (χ1n) is 9.42. The second-order valence-electron chi connectivity index (χ2n) is 6.58. The Balaban J connectivity index is 2.01. The van der Waals surface area contributed by atoms with Crippen molar-refractivity contribution in [3.8, 4) is 5.75 Å². The summed E-state index contributed by atoms with van der Waals surface area (Å²) in [5, 5.41) is 8.04. The van der Waals surface area contributed by atoms with Crippen LogP contribution in [-0.2, 0) is 0 Å².